The predicted molar refractivity (Wildman–Crippen MR) is 112 cm³/mol. The molecular formula is C21H24N4O3S. The molecule has 0 saturated carbocycles. The van der Waals surface area contributed by atoms with Crippen LogP contribution in [0.1, 0.15) is 5.56 Å². The highest BCUT2D eigenvalue weighted by Gasteiger charge is 2.27. The number of likely N-dealkylation sites (N-methyl/N-ethyl adjacent to an activating group) is 1. The van der Waals surface area contributed by atoms with Gasteiger partial charge in [0.15, 0.2) is 0 Å². The molecule has 2 heterocycles. The van der Waals surface area contributed by atoms with Gasteiger partial charge in [-0.05, 0) is 36.9 Å². The summed E-state index contributed by atoms with van der Waals surface area (Å²) in [5.74, 6) is 0. The van der Waals surface area contributed by atoms with Gasteiger partial charge in [-0.25, -0.2) is 13.2 Å². The SMILES string of the molecule is CN1CCN(S(=O)(=O)c2ccc(CNC(=O)n3ccc4ccccc43)cc2)CC1. The quantitative estimate of drug-likeness (QED) is 0.714. The smallest absolute Gasteiger partial charge is 0.326 e. The average Bonchev–Trinajstić information content (AvgIpc) is 3.17. The zero-order valence-corrected chi connectivity index (χ0v) is 17.1. The number of piperazine rings is 1. The van der Waals surface area contributed by atoms with E-state index < -0.39 is 10.0 Å². The van der Waals surface area contributed by atoms with Crippen LogP contribution in [0.2, 0.25) is 0 Å². The van der Waals surface area contributed by atoms with E-state index in [1.807, 2.05) is 37.4 Å². The van der Waals surface area contributed by atoms with Gasteiger partial charge in [0.05, 0.1) is 10.4 Å². The molecule has 0 atom stereocenters. The van der Waals surface area contributed by atoms with Gasteiger partial charge in [0, 0.05) is 44.3 Å². The highest BCUT2D eigenvalue weighted by Crippen LogP contribution is 2.18. The molecule has 2 aromatic carbocycles. The molecule has 1 aromatic heterocycles. The fourth-order valence-electron chi connectivity index (χ4n) is 3.48. The summed E-state index contributed by atoms with van der Waals surface area (Å²) in [5.41, 5.74) is 1.69. The molecule has 4 rings (SSSR count). The number of hydrogen-bond acceptors (Lipinski definition) is 4. The first kappa shape index (κ1) is 19.6. The Kier molecular flexibility index (Phi) is 5.40. The summed E-state index contributed by atoms with van der Waals surface area (Å²) >= 11 is 0. The second-order valence-electron chi connectivity index (χ2n) is 7.25. The predicted octanol–water partition coefficient (Wildman–Crippen LogP) is 2.34. The molecule has 1 N–H and O–H groups in total. The Hall–Kier alpha value is -2.68. The van der Waals surface area contributed by atoms with Crippen molar-refractivity contribution in [3.8, 4) is 0 Å². The van der Waals surface area contributed by atoms with Gasteiger partial charge in [-0.3, -0.25) is 4.57 Å². The van der Waals surface area contributed by atoms with Crippen molar-refractivity contribution >= 4 is 27.0 Å². The fourth-order valence-corrected chi connectivity index (χ4v) is 4.90. The molecule has 152 valence electrons. The van der Waals surface area contributed by atoms with E-state index in [-0.39, 0.29) is 10.9 Å². The molecule has 1 aliphatic rings. The molecule has 29 heavy (non-hydrogen) atoms. The molecule has 1 saturated heterocycles. The molecule has 0 spiro atoms. The highest BCUT2D eigenvalue weighted by atomic mass is 32.2. The average molecular weight is 413 g/mol. The largest absolute Gasteiger partial charge is 0.333 e. The normalized spacial score (nSPS) is 16.2. The molecule has 1 aliphatic heterocycles. The second-order valence-corrected chi connectivity index (χ2v) is 9.19. The van der Waals surface area contributed by atoms with E-state index in [2.05, 4.69) is 10.2 Å². The number of carbonyl (C=O) groups is 1. The molecule has 1 fully saturated rings. The lowest BCUT2D eigenvalue weighted by molar-refractivity contribution is 0.222. The molecule has 8 heteroatoms. The number of fused-ring (bicyclic) bond motifs is 1. The van der Waals surface area contributed by atoms with E-state index in [9.17, 15) is 13.2 Å². The fraction of sp³-hybridized carbons (Fsp3) is 0.286. The lowest BCUT2D eigenvalue weighted by Crippen LogP contribution is -2.47. The molecule has 1 amide bonds. The standard InChI is InChI=1S/C21H24N4O3S/c1-23-12-14-24(15-13-23)29(27,28)19-8-6-17(7-9-19)16-22-21(26)25-11-10-18-4-2-3-5-20(18)25/h2-11H,12-16H2,1H3,(H,22,26). The molecular weight excluding hydrogens is 388 g/mol. The number of carbonyl (C=O) groups excluding carboxylic acids is 1. The Morgan fingerprint density at radius 1 is 0.966 bits per heavy atom. The van der Waals surface area contributed by atoms with Gasteiger partial charge in [-0.2, -0.15) is 4.31 Å². The maximum Gasteiger partial charge on any atom is 0.326 e. The number of aromatic nitrogens is 1. The Morgan fingerprint density at radius 2 is 1.66 bits per heavy atom. The summed E-state index contributed by atoms with van der Waals surface area (Å²) in [5, 5.41) is 3.88. The minimum absolute atomic E-state index is 0.222. The molecule has 0 bridgehead atoms. The van der Waals surface area contributed by atoms with Crippen LogP contribution in [0.15, 0.2) is 65.7 Å². The van der Waals surface area contributed by atoms with E-state index in [4.69, 9.17) is 0 Å². The van der Waals surface area contributed by atoms with Gasteiger partial charge in [-0.1, -0.05) is 30.3 Å². The third-order valence-corrected chi connectivity index (χ3v) is 7.20. The van der Waals surface area contributed by atoms with Crippen LogP contribution in [-0.2, 0) is 16.6 Å². The summed E-state index contributed by atoms with van der Waals surface area (Å²) in [7, 11) is -1.49. The Labute approximate surface area is 170 Å². The Bertz CT molecular complexity index is 1110. The maximum absolute atomic E-state index is 12.8. The van der Waals surface area contributed by atoms with Crippen LogP contribution in [0.5, 0.6) is 0 Å². The lowest BCUT2D eigenvalue weighted by atomic mass is 10.2. The van der Waals surface area contributed by atoms with E-state index >= 15 is 0 Å². The van der Waals surface area contributed by atoms with E-state index in [0.717, 1.165) is 29.6 Å². The first-order chi connectivity index (χ1) is 13.9. The van der Waals surface area contributed by atoms with Crippen molar-refractivity contribution in [1.82, 2.24) is 19.1 Å². The molecule has 0 radical (unpaired) electrons. The Balaban J connectivity index is 1.41. The van der Waals surface area contributed by atoms with Crippen LogP contribution in [0.4, 0.5) is 4.79 Å². The van der Waals surface area contributed by atoms with E-state index in [1.54, 1.807) is 35.0 Å². The first-order valence-corrected chi connectivity index (χ1v) is 11.0. The van der Waals surface area contributed by atoms with Crippen molar-refractivity contribution in [1.29, 1.82) is 0 Å². The third kappa shape index (κ3) is 4.05. The number of hydrogen-bond donors (Lipinski definition) is 1. The number of benzene rings is 2. The monoisotopic (exact) mass is 412 g/mol. The van der Waals surface area contributed by atoms with Gasteiger partial charge in [0.25, 0.3) is 0 Å². The summed E-state index contributed by atoms with van der Waals surface area (Å²) < 4.78 is 28.7. The summed E-state index contributed by atoms with van der Waals surface area (Å²) in [4.78, 5) is 14.9. The zero-order chi connectivity index (χ0) is 20.4. The molecule has 7 nitrogen and oxygen atoms in total. The summed E-state index contributed by atoms with van der Waals surface area (Å²) in [6.45, 7) is 2.79. The zero-order valence-electron chi connectivity index (χ0n) is 16.3. The minimum atomic E-state index is -3.48. The third-order valence-electron chi connectivity index (χ3n) is 5.29. The maximum atomic E-state index is 12.8. The van der Waals surface area contributed by atoms with Crippen molar-refractivity contribution in [3.63, 3.8) is 0 Å². The van der Waals surface area contributed by atoms with Crippen molar-refractivity contribution in [2.75, 3.05) is 33.2 Å². The van der Waals surface area contributed by atoms with Crippen LogP contribution < -0.4 is 5.32 Å². The van der Waals surface area contributed by atoms with E-state index in [1.165, 1.54) is 4.31 Å². The minimum Gasteiger partial charge on any atom is -0.333 e. The van der Waals surface area contributed by atoms with Gasteiger partial charge >= 0.3 is 6.03 Å². The number of nitrogens with zero attached hydrogens (tertiary/aromatic N) is 3. The van der Waals surface area contributed by atoms with Gasteiger partial charge < -0.3 is 10.2 Å². The number of nitrogens with one attached hydrogen (secondary N) is 1. The van der Waals surface area contributed by atoms with Gasteiger partial charge in [0.2, 0.25) is 10.0 Å². The molecule has 0 unspecified atom stereocenters. The number of para-hydroxylation sites is 1. The number of sulfonamides is 1. The van der Waals surface area contributed by atoms with Gasteiger partial charge in [0.1, 0.15) is 0 Å². The van der Waals surface area contributed by atoms with Crippen molar-refractivity contribution in [3.05, 3.63) is 66.4 Å². The molecule has 0 aliphatic carbocycles. The first-order valence-electron chi connectivity index (χ1n) is 9.57. The Morgan fingerprint density at radius 3 is 2.38 bits per heavy atom. The number of rotatable bonds is 4. The van der Waals surface area contributed by atoms with Crippen molar-refractivity contribution in [2.45, 2.75) is 11.4 Å². The van der Waals surface area contributed by atoms with Crippen LogP contribution in [0.3, 0.4) is 0 Å². The summed E-state index contributed by atoms with van der Waals surface area (Å²) in [6.07, 6.45) is 1.74. The van der Waals surface area contributed by atoms with Crippen molar-refractivity contribution < 1.29 is 13.2 Å². The second kappa shape index (κ2) is 7.98. The van der Waals surface area contributed by atoms with Crippen LogP contribution in [0, 0.1) is 0 Å². The molecule has 3 aromatic rings. The lowest BCUT2D eigenvalue weighted by Gasteiger charge is -2.31. The highest BCUT2D eigenvalue weighted by molar-refractivity contribution is 7.89. The van der Waals surface area contributed by atoms with Crippen LogP contribution >= 0.6 is 0 Å². The van der Waals surface area contributed by atoms with Gasteiger partial charge in [-0.15, -0.1) is 0 Å². The van der Waals surface area contributed by atoms with E-state index in [0.29, 0.717) is 19.6 Å². The summed E-state index contributed by atoms with van der Waals surface area (Å²) in [6, 6.07) is 16.1. The van der Waals surface area contributed by atoms with Crippen molar-refractivity contribution in [2.24, 2.45) is 0 Å². The van der Waals surface area contributed by atoms with Crippen LogP contribution in [0.25, 0.3) is 10.9 Å². The van der Waals surface area contributed by atoms with Crippen LogP contribution in [-0.4, -0.2) is 61.4 Å². The number of amides is 1. The topological polar surface area (TPSA) is 74.7 Å².